The van der Waals surface area contributed by atoms with Crippen LogP contribution in [0.5, 0.6) is 5.75 Å². The lowest BCUT2D eigenvalue weighted by Crippen LogP contribution is -2.59. The van der Waals surface area contributed by atoms with Crippen molar-refractivity contribution in [3.63, 3.8) is 0 Å². The first-order chi connectivity index (χ1) is 17.3. The van der Waals surface area contributed by atoms with Gasteiger partial charge in [-0.3, -0.25) is 14.4 Å². The van der Waals surface area contributed by atoms with Crippen LogP contribution < -0.4 is 21.7 Å². The van der Waals surface area contributed by atoms with E-state index in [4.69, 9.17) is 5.73 Å². The second-order valence-electron chi connectivity index (χ2n) is 10.2. The van der Waals surface area contributed by atoms with Crippen LogP contribution in [0.2, 0.25) is 0 Å². The number of carbonyl (C=O) groups excluding carboxylic acids is 3. The summed E-state index contributed by atoms with van der Waals surface area (Å²) >= 11 is 0. The van der Waals surface area contributed by atoms with Gasteiger partial charge in [-0.2, -0.15) is 0 Å². The third kappa shape index (κ3) is 10.4. The number of benzene rings is 1. The third-order valence-corrected chi connectivity index (χ3v) is 6.64. The van der Waals surface area contributed by atoms with Gasteiger partial charge in [0.25, 0.3) is 0 Å². The lowest BCUT2D eigenvalue weighted by atomic mass is 9.95. The second kappa shape index (κ2) is 15.2. The Morgan fingerprint density at radius 1 is 0.811 bits per heavy atom. The summed E-state index contributed by atoms with van der Waals surface area (Å²) in [7, 11) is 0. The summed E-state index contributed by atoms with van der Waals surface area (Å²) < 4.78 is 0. The molecule has 1 aromatic rings. The Hall–Kier alpha value is -3.14. The summed E-state index contributed by atoms with van der Waals surface area (Å²) in [6.45, 7) is 11.1. The van der Waals surface area contributed by atoms with E-state index in [2.05, 4.69) is 16.0 Å². The van der Waals surface area contributed by atoms with Crippen LogP contribution in [0.4, 0.5) is 0 Å². The normalized spacial score (nSPS) is 16.1. The standard InChI is InChI=1S/C27H44N4O6/c1-7-16(5)22(30-24(33)20(28)14-18-9-11-19(32)12-10-18)26(35)29-21(13-15(3)4)25(34)31-23(27(36)37)17(6)8-2/h9-12,15-17,20-23,32H,7-8,13-14,28H2,1-6H3,(H,29,35)(H,30,33)(H,31,34)(H,36,37). The van der Waals surface area contributed by atoms with Crippen LogP contribution in [0.25, 0.3) is 0 Å². The van der Waals surface area contributed by atoms with Crippen LogP contribution in [0, 0.1) is 17.8 Å². The molecule has 0 aromatic heterocycles. The first-order valence-electron chi connectivity index (χ1n) is 13.0. The number of hydrogen-bond acceptors (Lipinski definition) is 6. The number of nitrogens with one attached hydrogen (secondary N) is 3. The molecular formula is C27H44N4O6. The van der Waals surface area contributed by atoms with Gasteiger partial charge in [-0.1, -0.05) is 66.5 Å². The number of hydrogen-bond donors (Lipinski definition) is 6. The molecule has 0 radical (unpaired) electrons. The number of rotatable bonds is 15. The second-order valence-corrected chi connectivity index (χ2v) is 10.2. The Labute approximate surface area is 219 Å². The van der Waals surface area contributed by atoms with Gasteiger partial charge in [0.05, 0.1) is 6.04 Å². The smallest absolute Gasteiger partial charge is 0.326 e. The average molecular weight is 521 g/mol. The van der Waals surface area contributed by atoms with E-state index in [1.165, 1.54) is 12.1 Å². The lowest BCUT2D eigenvalue weighted by Gasteiger charge is -2.29. The molecule has 6 atom stereocenters. The summed E-state index contributed by atoms with van der Waals surface area (Å²) in [6.07, 6.45) is 1.66. The van der Waals surface area contributed by atoms with Gasteiger partial charge in [0.2, 0.25) is 17.7 Å². The zero-order valence-electron chi connectivity index (χ0n) is 22.8. The van der Waals surface area contributed by atoms with Crippen LogP contribution in [0.1, 0.15) is 66.4 Å². The molecule has 1 aromatic carbocycles. The van der Waals surface area contributed by atoms with E-state index < -0.39 is 47.9 Å². The van der Waals surface area contributed by atoms with Gasteiger partial charge in [-0.25, -0.2) is 4.79 Å². The summed E-state index contributed by atoms with van der Waals surface area (Å²) in [4.78, 5) is 50.9. The number of phenols is 1. The summed E-state index contributed by atoms with van der Waals surface area (Å²) in [5.74, 6) is -3.15. The highest BCUT2D eigenvalue weighted by Gasteiger charge is 2.33. The maximum atomic E-state index is 13.3. The highest BCUT2D eigenvalue weighted by atomic mass is 16.4. The largest absolute Gasteiger partial charge is 0.508 e. The van der Waals surface area contributed by atoms with Gasteiger partial charge in [0.15, 0.2) is 0 Å². The van der Waals surface area contributed by atoms with Gasteiger partial charge in [-0.05, 0) is 48.3 Å². The molecule has 37 heavy (non-hydrogen) atoms. The maximum Gasteiger partial charge on any atom is 0.326 e. The minimum absolute atomic E-state index is 0.0401. The minimum atomic E-state index is -1.13. The molecule has 0 saturated carbocycles. The molecule has 7 N–H and O–H groups in total. The van der Waals surface area contributed by atoms with E-state index in [9.17, 15) is 29.4 Å². The van der Waals surface area contributed by atoms with E-state index in [0.717, 1.165) is 5.56 Å². The molecule has 0 aliphatic rings. The van der Waals surface area contributed by atoms with E-state index in [1.807, 2.05) is 34.6 Å². The Balaban J connectivity index is 3.01. The van der Waals surface area contributed by atoms with Crippen LogP contribution in [0.3, 0.4) is 0 Å². The fourth-order valence-corrected chi connectivity index (χ4v) is 3.84. The Bertz CT molecular complexity index is 905. The van der Waals surface area contributed by atoms with Crippen molar-refractivity contribution in [3.8, 4) is 5.75 Å². The van der Waals surface area contributed by atoms with Crippen molar-refractivity contribution < 1.29 is 29.4 Å². The third-order valence-electron chi connectivity index (χ3n) is 6.64. The van der Waals surface area contributed by atoms with Gasteiger partial charge < -0.3 is 31.9 Å². The number of aromatic hydroxyl groups is 1. The fraction of sp³-hybridized carbons (Fsp3) is 0.630. The Morgan fingerprint density at radius 3 is 1.81 bits per heavy atom. The van der Waals surface area contributed by atoms with Gasteiger partial charge in [0.1, 0.15) is 23.9 Å². The summed E-state index contributed by atoms with van der Waals surface area (Å²) in [5, 5.41) is 27.0. The molecule has 0 spiro atoms. The van der Waals surface area contributed by atoms with E-state index in [-0.39, 0.29) is 29.9 Å². The number of amides is 3. The monoisotopic (exact) mass is 520 g/mol. The number of carboxylic acids is 1. The quantitative estimate of drug-likeness (QED) is 0.205. The number of aliphatic carboxylic acids is 1. The van der Waals surface area contributed by atoms with Crippen molar-refractivity contribution in [3.05, 3.63) is 29.8 Å². The molecule has 0 fully saturated rings. The van der Waals surface area contributed by atoms with Gasteiger partial charge >= 0.3 is 5.97 Å². The molecule has 0 aliphatic carbocycles. The molecule has 10 nitrogen and oxygen atoms in total. The van der Waals surface area contributed by atoms with Crippen molar-refractivity contribution in [1.82, 2.24) is 16.0 Å². The van der Waals surface area contributed by atoms with Crippen molar-refractivity contribution in [2.75, 3.05) is 0 Å². The Kier molecular flexibility index (Phi) is 13.1. The molecule has 0 bridgehead atoms. The molecule has 0 heterocycles. The highest BCUT2D eigenvalue weighted by molar-refractivity contribution is 5.94. The van der Waals surface area contributed by atoms with Crippen molar-refractivity contribution >= 4 is 23.7 Å². The Morgan fingerprint density at radius 2 is 1.32 bits per heavy atom. The zero-order chi connectivity index (χ0) is 28.3. The van der Waals surface area contributed by atoms with Crippen molar-refractivity contribution in [2.45, 2.75) is 91.4 Å². The molecule has 6 unspecified atom stereocenters. The molecule has 0 saturated heterocycles. The fourth-order valence-electron chi connectivity index (χ4n) is 3.84. The van der Waals surface area contributed by atoms with Gasteiger partial charge in [-0.15, -0.1) is 0 Å². The highest BCUT2D eigenvalue weighted by Crippen LogP contribution is 2.14. The van der Waals surface area contributed by atoms with Crippen molar-refractivity contribution in [1.29, 1.82) is 0 Å². The summed E-state index contributed by atoms with van der Waals surface area (Å²) in [6, 6.07) is 2.44. The van der Waals surface area contributed by atoms with Crippen LogP contribution >= 0.6 is 0 Å². The van der Waals surface area contributed by atoms with Crippen molar-refractivity contribution in [2.24, 2.45) is 23.5 Å². The predicted molar refractivity (Wildman–Crippen MR) is 142 cm³/mol. The van der Waals surface area contributed by atoms with E-state index in [1.54, 1.807) is 19.1 Å². The van der Waals surface area contributed by atoms with Gasteiger partial charge in [0, 0.05) is 0 Å². The maximum absolute atomic E-state index is 13.3. The number of phenolic OH excluding ortho intramolecular Hbond substituents is 1. The molecular weight excluding hydrogens is 476 g/mol. The molecule has 3 amide bonds. The molecule has 1 rings (SSSR count). The average Bonchev–Trinajstić information content (AvgIpc) is 2.84. The first kappa shape index (κ1) is 31.9. The number of carbonyl (C=O) groups is 4. The van der Waals surface area contributed by atoms with Crippen LogP contribution in [0.15, 0.2) is 24.3 Å². The topological polar surface area (TPSA) is 171 Å². The molecule has 0 aliphatic heterocycles. The molecule has 208 valence electrons. The van der Waals surface area contributed by atoms with E-state index >= 15 is 0 Å². The van der Waals surface area contributed by atoms with Crippen LogP contribution in [-0.2, 0) is 25.6 Å². The first-order valence-corrected chi connectivity index (χ1v) is 13.0. The predicted octanol–water partition coefficient (Wildman–Crippen LogP) is 1.94. The zero-order valence-corrected chi connectivity index (χ0v) is 22.8. The van der Waals surface area contributed by atoms with E-state index in [0.29, 0.717) is 19.3 Å². The summed E-state index contributed by atoms with van der Waals surface area (Å²) in [5.41, 5.74) is 6.85. The SMILES string of the molecule is CCC(C)C(NC(=O)C(CC(C)C)NC(=O)C(NC(=O)C(N)Cc1ccc(O)cc1)C(C)CC)C(=O)O. The minimum Gasteiger partial charge on any atom is -0.508 e. The molecule has 10 heteroatoms. The lowest BCUT2D eigenvalue weighted by molar-refractivity contribution is -0.144. The number of carboxylic acid groups (broad SMARTS) is 1. The number of nitrogens with two attached hydrogens (primary N) is 1. The van der Waals surface area contributed by atoms with Crippen LogP contribution in [-0.4, -0.2) is 58.1 Å².